The van der Waals surface area contributed by atoms with E-state index in [1.165, 1.54) is 40.7 Å². The Morgan fingerprint density at radius 2 is 1.70 bits per heavy atom. The van der Waals surface area contributed by atoms with Crippen molar-refractivity contribution in [2.75, 3.05) is 38.6 Å². The molecule has 0 fully saturated rings. The molecule has 2 nitrogen and oxygen atoms in total. The van der Waals surface area contributed by atoms with Gasteiger partial charge in [0.05, 0.1) is 38.6 Å². The zero-order valence-electron chi connectivity index (χ0n) is 16.7. The fourth-order valence-corrected chi connectivity index (χ4v) is 4.66. The molecule has 1 aliphatic heterocycles. The molecule has 1 heterocycles. The number of hydrogen-bond donors (Lipinski definition) is 0. The van der Waals surface area contributed by atoms with Crippen molar-refractivity contribution in [1.82, 2.24) is 0 Å². The smallest absolute Gasteiger partial charge is 0.0799 e. The molecule has 148 valence electrons. The molecule has 0 aromatic heterocycles. The fourth-order valence-electron chi connectivity index (χ4n) is 3.42. The van der Waals surface area contributed by atoms with Crippen LogP contribution in [0.15, 0.2) is 52.3 Å². The molecule has 0 atom stereocenters. The molecule has 0 spiro atoms. The highest BCUT2D eigenvalue weighted by molar-refractivity contribution is 7.99. The van der Waals surface area contributed by atoms with Crippen LogP contribution in [0.3, 0.4) is 0 Å². The van der Waals surface area contributed by atoms with Crippen LogP contribution in [-0.2, 0) is 0 Å². The number of hydrogen-bond acceptors (Lipinski definition) is 2. The van der Waals surface area contributed by atoms with Crippen molar-refractivity contribution in [2.24, 2.45) is 5.92 Å². The van der Waals surface area contributed by atoms with E-state index in [2.05, 4.69) is 69.2 Å². The average Bonchev–Trinajstić information content (AvgIpc) is 2.60. The van der Waals surface area contributed by atoms with Crippen LogP contribution < -0.4 is 21.9 Å². The normalized spacial score (nSPS) is 13.2. The predicted octanol–water partition coefficient (Wildman–Crippen LogP) is 3.46. The van der Waals surface area contributed by atoms with Gasteiger partial charge in [-0.3, -0.25) is 0 Å². The van der Waals surface area contributed by atoms with E-state index in [9.17, 15) is 0 Å². The summed E-state index contributed by atoms with van der Waals surface area (Å²) in [5, 5.41) is 0.807. The van der Waals surface area contributed by atoms with Crippen molar-refractivity contribution in [1.29, 1.82) is 0 Å². The number of anilines is 2. The number of quaternary nitrogens is 1. The summed E-state index contributed by atoms with van der Waals surface area (Å²) < 4.78 is 1.09. The maximum absolute atomic E-state index is 6.31. The van der Waals surface area contributed by atoms with Gasteiger partial charge in [-0.1, -0.05) is 49.3 Å². The second kappa shape index (κ2) is 9.69. The standard InChI is InChI=1S/C22H30ClN2S.BrH/c1-17(2)12-15-25(3,4)14-7-13-24-19-8-5-6-9-21(19)26-22-11-10-18(23)16-20(22)24;/h5-6,8-11,16-17H,7,12-15H2,1-4H3;1H/q+1;/p-1. The van der Waals surface area contributed by atoms with E-state index in [1.54, 1.807) is 0 Å². The van der Waals surface area contributed by atoms with Crippen LogP contribution in [0.5, 0.6) is 0 Å². The van der Waals surface area contributed by atoms with Gasteiger partial charge in [-0.2, -0.15) is 0 Å². The molecular weight excluding hydrogens is 440 g/mol. The lowest BCUT2D eigenvalue weighted by atomic mass is 10.1. The van der Waals surface area contributed by atoms with Gasteiger partial charge in [0.2, 0.25) is 0 Å². The molecule has 1 aliphatic rings. The molecule has 0 N–H and O–H groups in total. The SMILES string of the molecule is CC(C)CC[N+](C)(C)CCCN1c2ccccc2Sc2ccc(Cl)cc21.[Br-]. The zero-order chi connectivity index (χ0) is 18.7. The summed E-state index contributed by atoms with van der Waals surface area (Å²) in [7, 11) is 4.71. The van der Waals surface area contributed by atoms with Gasteiger partial charge in [-0.05, 0) is 42.7 Å². The second-order valence-corrected chi connectivity index (χ2v) is 9.77. The lowest BCUT2D eigenvalue weighted by Gasteiger charge is -2.35. The number of nitrogens with zero attached hydrogens (tertiary/aromatic N) is 2. The molecule has 0 saturated heterocycles. The van der Waals surface area contributed by atoms with Crippen molar-refractivity contribution in [3.8, 4) is 0 Å². The number of benzene rings is 2. The Kier molecular flexibility index (Phi) is 8.11. The molecule has 5 heteroatoms. The molecule has 0 bridgehead atoms. The first-order valence-corrected chi connectivity index (χ1v) is 10.7. The highest BCUT2D eigenvalue weighted by atomic mass is 79.9. The Morgan fingerprint density at radius 1 is 1.00 bits per heavy atom. The van der Waals surface area contributed by atoms with Crippen LogP contribution in [0.1, 0.15) is 26.7 Å². The molecule has 0 unspecified atom stereocenters. The van der Waals surface area contributed by atoms with E-state index < -0.39 is 0 Å². The van der Waals surface area contributed by atoms with E-state index in [0.717, 1.165) is 28.4 Å². The Morgan fingerprint density at radius 3 is 2.44 bits per heavy atom. The number of fused-ring (bicyclic) bond motifs is 2. The monoisotopic (exact) mass is 468 g/mol. The third-order valence-electron chi connectivity index (χ3n) is 5.04. The Labute approximate surface area is 184 Å². The first kappa shape index (κ1) is 22.6. The third-order valence-corrected chi connectivity index (χ3v) is 6.41. The molecule has 3 rings (SSSR count). The van der Waals surface area contributed by atoms with Gasteiger partial charge in [0, 0.05) is 27.8 Å². The van der Waals surface area contributed by atoms with Gasteiger partial charge in [0.25, 0.3) is 0 Å². The second-order valence-electron chi connectivity index (χ2n) is 8.25. The minimum Gasteiger partial charge on any atom is -1.00 e. The Balaban J connectivity index is 0.00000261. The van der Waals surface area contributed by atoms with Crippen molar-refractivity contribution >= 4 is 34.7 Å². The summed E-state index contributed by atoms with van der Waals surface area (Å²) in [6, 6.07) is 14.9. The molecule has 0 saturated carbocycles. The molecule has 0 radical (unpaired) electrons. The Hall–Kier alpha value is -0.680. The van der Waals surface area contributed by atoms with Crippen molar-refractivity contribution < 1.29 is 21.5 Å². The predicted molar refractivity (Wildman–Crippen MR) is 115 cm³/mol. The lowest BCUT2D eigenvalue weighted by molar-refractivity contribution is -0.890. The maximum atomic E-state index is 6.31. The van der Waals surface area contributed by atoms with Crippen molar-refractivity contribution in [3.63, 3.8) is 0 Å². The summed E-state index contributed by atoms with van der Waals surface area (Å²) in [5.41, 5.74) is 2.55. The minimum absolute atomic E-state index is 0. The van der Waals surface area contributed by atoms with Gasteiger partial charge < -0.3 is 26.4 Å². The fraction of sp³-hybridized carbons (Fsp3) is 0.455. The minimum atomic E-state index is 0. The van der Waals surface area contributed by atoms with Crippen LogP contribution in [0.4, 0.5) is 11.4 Å². The Bertz CT molecular complexity index is 764. The molecular formula is C22H30BrClN2S. The van der Waals surface area contributed by atoms with E-state index >= 15 is 0 Å². The van der Waals surface area contributed by atoms with E-state index in [1.807, 2.05) is 17.8 Å². The van der Waals surface area contributed by atoms with Crippen LogP contribution in [0, 0.1) is 5.92 Å². The van der Waals surface area contributed by atoms with Crippen LogP contribution >= 0.6 is 23.4 Å². The maximum Gasteiger partial charge on any atom is 0.0799 e. The number of rotatable bonds is 7. The van der Waals surface area contributed by atoms with Crippen LogP contribution in [0.25, 0.3) is 0 Å². The van der Waals surface area contributed by atoms with E-state index in [0.29, 0.717) is 0 Å². The van der Waals surface area contributed by atoms with Crippen LogP contribution in [0.2, 0.25) is 5.02 Å². The van der Waals surface area contributed by atoms with Crippen molar-refractivity contribution in [3.05, 3.63) is 47.5 Å². The lowest BCUT2D eigenvalue weighted by Crippen LogP contribution is -3.00. The van der Waals surface area contributed by atoms with Gasteiger partial charge in [0.1, 0.15) is 0 Å². The highest BCUT2D eigenvalue weighted by Gasteiger charge is 2.24. The summed E-state index contributed by atoms with van der Waals surface area (Å²) in [6.45, 7) is 8.07. The highest BCUT2D eigenvalue weighted by Crippen LogP contribution is 2.48. The van der Waals surface area contributed by atoms with E-state index in [-0.39, 0.29) is 17.0 Å². The van der Waals surface area contributed by atoms with Gasteiger partial charge >= 0.3 is 0 Å². The number of halogens is 2. The van der Waals surface area contributed by atoms with Gasteiger partial charge in [-0.25, -0.2) is 0 Å². The van der Waals surface area contributed by atoms with Gasteiger partial charge in [-0.15, -0.1) is 0 Å². The first-order chi connectivity index (χ1) is 12.4. The topological polar surface area (TPSA) is 3.24 Å². The third kappa shape index (κ3) is 5.90. The first-order valence-electron chi connectivity index (χ1n) is 9.52. The molecule has 2 aromatic rings. The molecule has 2 aromatic carbocycles. The van der Waals surface area contributed by atoms with Crippen LogP contribution in [-0.4, -0.2) is 38.2 Å². The summed E-state index contributed by atoms with van der Waals surface area (Å²) >= 11 is 8.15. The summed E-state index contributed by atoms with van der Waals surface area (Å²) in [4.78, 5) is 5.08. The zero-order valence-corrected chi connectivity index (χ0v) is 19.9. The summed E-state index contributed by atoms with van der Waals surface area (Å²) in [6.07, 6.45) is 2.45. The quantitative estimate of drug-likeness (QED) is 0.571. The number of para-hydroxylation sites is 1. The molecule has 27 heavy (non-hydrogen) atoms. The largest absolute Gasteiger partial charge is 1.00 e. The van der Waals surface area contributed by atoms with E-state index in [4.69, 9.17) is 11.6 Å². The average molecular weight is 470 g/mol. The molecule has 0 aliphatic carbocycles. The van der Waals surface area contributed by atoms with Crippen molar-refractivity contribution in [2.45, 2.75) is 36.5 Å². The molecule has 0 amide bonds. The van der Waals surface area contributed by atoms with Gasteiger partial charge in [0.15, 0.2) is 0 Å². The summed E-state index contributed by atoms with van der Waals surface area (Å²) in [5.74, 6) is 0.771.